The van der Waals surface area contributed by atoms with Gasteiger partial charge in [0, 0.05) is 18.7 Å². The lowest BCUT2D eigenvalue weighted by atomic mass is 10.2. The molecule has 2 rings (SSSR count). The number of nitrogens with one attached hydrogen (secondary N) is 1. The lowest BCUT2D eigenvalue weighted by Gasteiger charge is -2.20. The first-order chi connectivity index (χ1) is 8.08. The van der Waals surface area contributed by atoms with Gasteiger partial charge in [0.2, 0.25) is 0 Å². The molecule has 1 aliphatic heterocycles. The predicted molar refractivity (Wildman–Crippen MR) is 58.3 cm³/mol. The van der Waals surface area contributed by atoms with Crippen molar-refractivity contribution in [2.75, 3.05) is 25.5 Å². The Morgan fingerprint density at radius 3 is 2.82 bits per heavy atom. The van der Waals surface area contributed by atoms with E-state index in [0.717, 1.165) is 19.4 Å². The number of likely N-dealkylation sites (N-methyl/N-ethyl adjacent to an activating group) is 1. The molecule has 1 aromatic heterocycles. The van der Waals surface area contributed by atoms with Crippen molar-refractivity contribution in [3.8, 4) is 0 Å². The Hall–Kier alpha value is -1.30. The van der Waals surface area contributed by atoms with Crippen molar-refractivity contribution >= 4 is 5.82 Å². The smallest absolute Gasteiger partial charge is 0.251 e. The van der Waals surface area contributed by atoms with Gasteiger partial charge in [0.05, 0.1) is 0 Å². The molecule has 1 saturated heterocycles. The minimum absolute atomic E-state index is 0.232. The van der Waals surface area contributed by atoms with Crippen molar-refractivity contribution in [3.63, 3.8) is 0 Å². The van der Waals surface area contributed by atoms with Crippen molar-refractivity contribution < 1.29 is 13.2 Å². The van der Waals surface area contributed by atoms with Gasteiger partial charge in [-0.25, -0.2) is 8.78 Å². The van der Waals surface area contributed by atoms with E-state index in [2.05, 4.69) is 15.2 Å². The van der Waals surface area contributed by atoms with Gasteiger partial charge < -0.3 is 10.2 Å². The SMILES string of the molecule is CN1CCCC1CNc1nc(F)c(F)cc1F. The van der Waals surface area contributed by atoms with Crippen LogP contribution in [0.2, 0.25) is 0 Å². The molecule has 0 spiro atoms. The molecule has 0 aromatic carbocycles. The Morgan fingerprint density at radius 1 is 1.41 bits per heavy atom. The van der Waals surface area contributed by atoms with Gasteiger partial charge in [-0.2, -0.15) is 9.37 Å². The molecule has 94 valence electrons. The van der Waals surface area contributed by atoms with Crippen LogP contribution in [0.25, 0.3) is 0 Å². The van der Waals surface area contributed by atoms with Crippen molar-refractivity contribution in [3.05, 3.63) is 23.6 Å². The summed E-state index contributed by atoms with van der Waals surface area (Å²) in [6, 6.07) is 0.785. The molecular weight excluding hydrogens is 231 g/mol. The summed E-state index contributed by atoms with van der Waals surface area (Å²) in [6.45, 7) is 1.48. The highest BCUT2D eigenvalue weighted by atomic mass is 19.2. The molecule has 3 nitrogen and oxygen atoms in total. The van der Waals surface area contributed by atoms with Gasteiger partial charge in [-0.05, 0) is 26.4 Å². The lowest BCUT2D eigenvalue weighted by molar-refractivity contribution is 0.321. The van der Waals surface area contributed by atoms with Crippen LogP contribution in [0.1, 0.15) is 12.8 Å². The van der Waals surface area contributed by atoms with Crippen LogP contribution in [-0.2, 0) is 0 Å². The van der Waals surface area contributed by atoms with Crippen LogP contribution in [-0.4, -0.2) is 36.1 Å². The monoisotopic (exact) mass is 245 g/mol. The summed E-state index contributed by atoms with van der Waals surface area (Å²) in [5.41, 5.74) is 0. The van der Waals surface area contributed by atoms with E-state index in [1.54, 1.807) is 0 Å². The van der Waals surface area contributed by atoms with Gasteiger partial charge in [-0.3, -0.25) is 0 Å². The largest absolute Gasteiger partial charge is 0.366 e. The molecule has 1 aromatic rings. The Balaban J connectivity index is 2.01. The average Bonchev–Trinajstić information content (AvgIpc) is 2.68. The van der Waals surface area contributed by atoms with E-state index in [1.807, 2.05) is 7.05 Å². The highest BCUT2D eigenvalue weighted by molar-refractivity contribution is 5.36. The van der Waals surface area contributed by atoms with Crippen molar-refractivity contribution in [2.45, 2.75) is 18.9 Å². The van der Waals surface area contributed by atoms with Gasteiger partial charge in [0.25, 0.3) is 5.95 Å². The van der Waals surface area contributed by atoms with E-state index >= 15 is 0 Å². The van der Waals surface area contributed by atoms with Gasteiger partial charge >= 0.3 is 0 Å². The van der Waals surface area contributed by atoms with Crippen LogP contribution in [0, 0.1) is 17.6 Å². The molecule has 0 radical (unpaired) electrons. The number of aromatic nitrogens is 1. The zero-order valence-corrected chi connectivity index (χ0v) is 9.51. The fraction of sp³-hybridized carbons (Fsp3) is 0.545. The molecule has 6 heteroatoms. The standard InChI is InChI=1S/C11H14F3N3/c1-17-4-2-3-7(17)6-15-11-9(13)5-8(12)10(14)16-11/h5,7H,2-4,6H2,1H3,(H,15,16). The molecule has 1 unspecified atom stereocenters. The van der Waals surface area contributed by atoms with Crippen molar-refractivity contribution in [1.29, 1.82) is 0 Å². The molecule has 1 fully saturated rings. The van der Waals surface area contributed by atoms with Crippen LogP contribution in [0.5, 0.6) is 0 Å². The maximum absolute atomic E-state index is 13.3. The normalized spacial score (nSPS) is 20.8. The molecule has 0 saturated carbocycles. The molecule has 2 heterocycles. The summed E-state index contributed by atoms with van der Waals surface area (Å²) in [5, 5.41) is 2.72. The van der Waals surface area contributed by atoms with Crippen LogP contribution in [0.3, 0.4) is 0 Å². The van der Waals surface area contributed by atoms with Crippen LogP contribution in [0.15, 0.2) is 6.07 Å². The number of halogens is 3. The van der Waals surface area contributed by atoms with E-state index in [4.69, 9.17) is 0 Å². The van der Waals surface area contributed by atoms with E-state index in [-0.39, 0.29) is 11.9 Å². The van der Waals surface area contributed by atoms with Crippen molar-refractivity contribution in [1.82, 2.24) is 9.88 Å². The number of pyridine rings is 1. The van der Waals surface area contributed by atoms with E-state index < -0.39 is 17.6 Å². The first kappa shape index (κ1) is 12.2. The fourth-order valence-corrected chi connectivity index (χ4v) is 2.02. The molecule has 0 bridgehead atoms. The maximum Gasteiger partial charge on any atom is 0.251 e. The number of hydrogen-bond acceptors (Lipinski definition) is 3. The number of hydrogen-bond donors (Lipinski definition) is 1. The van der Waals surface area contributed by atoms with Gasteiger partial charge in [0.15, 0.2) is 17.5 Å². The molecule has 17 heavy (non-hydrogen) atoms. The minimum atomic E-state index is -1.28. The second-order valence-electron chi connectivity index (χ2n) is 4.25. The highest BCUT2D eigenvalue weighted by Crippen LogP contribution is 2.18. The Labute approximate surface area is 97.6 Å². The summed E-state index contributed by atoms with van der Waals surface area (Å²) in [7, 11) is 1.98. The molecular formula is C11H14F3N3. The Bertz CT molecular complexity index is 411. The zero-order valence-electron chi connectivity index (χ0n) is 9.51. The molecule has 1 N–H and O–H groups in total. The third-order valence-corrected chi connectivity index (χ3v) is 3.06. The molecule has 0 amide bonds. The molecule has 0 aliphatic carbocycles. The summed E-state index contributed by atoms with van der Waals surface area (Å²) >= 11 is 0. The topological polar surface area (TPSA) is 28.2 Å². The van der Waals surface area contributed by atoms with Gasteiger partial charge in [0.1, 0.15) is 0 Å². The second kappa shape index (κ2) is 4.91. The van der Waals surface area contributed by atoms with Crippen LogP contribution in [0.4, 0.5) is 19.0 Å². The Morgan fingerprint density at radius 2 is 2.18 bits per heavy atom. The summed E-state index contributed by atoms with van der Waals surface area (Å²) in [5.74, 6) is -3.66. The number of likely N-dealkylation sites (tertiary alicyclic amines) is 1. The quantitative estimate of drug-likeness (QED) is 0.826. The third kappa shape index (κ3) is 2.69. The molecule has 1 aliphatic rings. The maximum atomic E-state index is 13.3. The van der Waals surface area contributed by atoms with Crippen LogP contribution >= 0.6 is 0 Å². The fourth-order valence-electron chi connectivity index (χ4n) is 2.02. The van der Waals surface area contributed by atoms with Gasteiger partial charge in [-0.1, -0.05) is 0 Å². The third-order valence-electron chi connectivity index (χ3n) is 3.06. The summed E-state index contributed by atoms with van der Waals surface area (Å²) < 4.78 is 38.7. The summed E-state index contributed by atoms with van der Waals surface area (Å²) in [4.78, 5) is 5.36. The first-order valence-corrected chi connectivity index (χ1v) is 5.53. The van der Waals surface area contributed by atoms with E-state index in [0.29, 0.717) is 12.6 Å². The number of rotatable bonds is 3. The minimum Gasteiger partial charge on any atom is -0.366 e. The zero-order chi connectivity index (χ0) is 12.4. The summed E-state index contributed by atoms with van der Waals surface area (Å²) in [6.07, 6.45) is 2.10. The Kier molecular flexibility index (Phi) is 3.51. The number of anilines is 1. The van der Waals surface area contributed by atoms with E-state index in [1.165, 1.54) is 0 Å². The average molecular weight is 245 g/mol. The van der Waals surface area contributed by atoms with E-state index in [9.17, 15) is 13.2 Å². The number of nitrogens with zero attached hydrogens (tertiary/aromatic N) is 2. The highest BCUT2D eigenvalue weighted by Gasteiger charge is 2.21. The van der Waals surface area contributed by atoms with Crippen LogP contribution < -0.4 is 5.32 Å². The van der Waals surface area contributed by atoms with Gasteiger partial charge in [-0.15, -0.1) is 0 Å². The van der Waals surface area contributed by atoms with Crippen molar-refractivity contribution in [2.24, 2.45) is 0 Å². The molecule has 1 atom stereocenters. The predicted octanol–water partition coefficient (Wildman–Crippen LogP) is 2.00. The lowest BCUT2D eigenvalue weighted by Crippen LogP contribution is -2.32. The first-order valence-electron chi connectivity index (χ1n) is 5.53. The second-order valence-corrected chi connectivity index (χ2v) is 4.25.